The predicted octanol–water partition coefficient (Wildman–Crippen LogP) is 4.89. The minimum atomic E-state index is -0.600. The number of unbranched alkanes of at least 4 members (excludes halogenated alkanes) is 3. The zero-order valence-electron chi connectivity index (χ0n) is 20.5. The molecule has 1 aliphatic heterocycles. The van der Waals surface area contributed by atoms with Gasteiger partial charge in [0, 0.05) is 18.7 Å². The van der Waals surface area contributed by atoms with Crippen molar-refractivity contribution < 1.29 is 9.53 Å². The molecule has 0 saturated carbocycles. The monoisotopic (exact) mass is 462 g/mol. The van der Waals surface area contributed by atoms with E-state index in [4.69, 9.17) is 9.84 Å². The molecule has 0 fully saturated rings. The zero-order chi connectivity index (χ0) is 24.1. The van der Waals surface area contributed by atoms with Gasteiger partial charge in [0.05, 0.1) is 23.4 Å². The second-order valence-corrected chi connectivity index (χ2v) is 9.36. The lowest BCUT2D eigenvalue weighted by Crippen LogP contribution is -2.47. The Morgan fingerprint density at radius 1 is 1.15 bits per heavy atom. The fraction of sp³-hybridized carbons (Fsp3) is 0.462. The smallest absolute Gasteiger partial charge is 0.256 e. The molecule has 2 aromatic heterocycles. The van der Waals surface area contributed by atoms with Crippen LogP contribution >= 0.6 is 0 Å². The largest absolute Gasteiger partial charge is 0.494 e. The number of aromatic amines is 1. The van der Waals surface area contributed by atoms with Crippen molar-refractivity contribution in [3.8, 4) is 5.75 Å². The fourth-order valence-electron chi connectivity index (χ4n) is 4.33. The third kappa shape index (κ3) is 5.05. The van der Waals surface area contributed by atoms with E-state index in [0.717, 1.165) is 35.6 Å². The number of hydrogen-bond acceptors (Lipinski definition) is 5. The van der Waals surface area contributed by atoms with Gasteiger partial charge in [0.15, 0.2) is 5.82 Å². The number of rotatable bonds is 10. The van der Waals surface area contributed by atoms with E-state index in [1.807, 2.05) is 48.1 Å². The Morgan fingerprint density at radius 2 is 1.94 bits per heavy atom. The SMILES string of the molecule is CCCCCCOc1ccc(C2(C)CC(c3ccn(C(C)C)n3)=C(c3ncn[nH]3)C(=O)N2)cc1. The summed E-state index contributed by atoms with van der Waals surface area (Å²) < 4.78 is 7.80. The van der Waals surface area contributed by atoms with Crippen molar-refractivity contribution >= 4 is 17.1 Å². The number of nitrogens with one attached hydrogen (secondary N) is 2. The lowest BCUT2D eigenvalue weighted by atomic mass is 9.79. The zero-order valence-corrected chi connectivity index (χ0v) is 20.5. The number of carbonyl (C=O) groups excluding carboxylic acids is 1. The van der Waals surface area contributed by atoms with E-state index in [0.29, 0.717) is 17.8 Å². The molecule has 0 saturated heterocycles. The second-order valence-electron chi connectivity index (χ2n) is 9.36. The first-order valence-electron chi connectivity index (χ1n) is 12.1. The first-order chi connectivity index (χ1) is 16.4. The second kappa shape index (κ2) is 10.2. The van der Waals surface area contributed by atoms with Crippen LogP contribution in [-0.4, -0.2) is 37.5 Å². The van der Waals surface area contributed by atoms with Gasteiger partial charge in [-0.1, -0.05) is 38.3 Å². The number of benzene rings is 1. The first kappa shape index (κ1) is 23.7. The van der Waals surface area contributed by atoms with Gasteiger partial charge in [0.1, 0.15) is 12.1 Å². The molecule has 1 amide bonds. The van der Waals surface area contributed by atoms with Gasteiger partial charge in [0.25, 0.3) is 5.91 Å². The Morgan fingerprint density at radius 3 is 2.59 bits per heavy atom. The van der Waals surface area contributed by atoms with Crippen molar-refractivity contribution in [3.05, 3.63) is 59.9 Å². The maximum atomic E-state index is 13.4. The quantitative estimate of drug-likeness (QED) is 0.418. The minimum absolute atomic E-state index is 0.198. The minimum Gasteiger partial charge on any atom is -0.494 e. The summed E-state index contributed by atoms with van der Waals surface area (Å²) in [5, 5.41) is 14.7. The van der Waals surface area contributed by atoms with Crippen molar-refractivity contribution in [1.82, 2.24) is 30.3 Å². The highest BCUT2D eigenvalue weighted by atomic mass is 16.5. The Hall–Kier alpha value is -3.42. The summed E-state index contributed by atoms with van der Waals surface area (Å²) in [4.78, 5) is 17.6. The molecule has 3 aromatic rings. The van der Waals surface area contributed by atoms with Crippen LogP contribution in [0.5, 0.6) is 5.75 Å². The lowest BCUT2D eigenvalue weighted by molar-refractivity contribution is -0.117. The number of aromatic nitrogens is 5. The van der Waals surface area contributed by atoms with Crippen molar-refractivity contribution in [1.29, 1.82) is 0 Å². The Balaban J connectivity index is 1.61. The van der Waals surface area contributed by atoms with E-state index in [9.17, 15) is 4.79 Å². The summed E-state index contributed by atoms with van der Waals surface area (Å²) >= 11 is 0. The van der Waals surface area contributed by atoms with Crippen molar-refractivity contribution in [3.63, 3.8) is 0 Å². The van der Waals surface area contributed by atoms with Gasteiger partial charge in [-0.3, -0.25) is 14.6 Å². The van der Waals surface area contributed by atoms with Crippen molar-refractivity contribution in [2.24, 2.45) is 0 Å². The molecule has 1 aromatic carbocycles. The van der Waals surface area contributed by atoms with Crippen molar-refractivity contribution in [2.75, 3.05) is 6.61 Å². The van der Waals surface area contributed by atoms with E-state index < -0.39 is 5.54 Å². The van der Waals surface area contributed by atoms with Crippen LogP contribution < -0.4 is 10.1 Å². The third-order valence-electron chi connectivity index (χ3n) is 6.31. The number of nitrogens with zero attached hydrogens (tertiary/aromatic N) is 4. The fourth-order valence-corrected chi connectivity index (χ4v) is 4.33. The maximum Gasteiger partial charge on any atom is 0.256 e. The Bertz CT molecular complexity index is 1130. The summed E-state index contributed by atoms with van der Waals surface area (Å²) in [5.74, 6) is 1.09. The van der Waals surface area contributed by atoms with E-state index in [2.05, 4.69) is 41.3 Å². The molecule has 4 rings (SSSR count). The highest BCUT2D eigenvalue weighted by Crippen LogP contribution is 2.40. The van der Waals surface area contributed by atoms with Crippen LogP contribution in [0.1, 0.15) is 82.9 Å². The van der Waals surface area contributed by atoms with Crippen LogP contribution in [0.3, 0.4) is 0 Å². The molecule has 34 heavy (non-hydrogen) atoms. The molecule has 0 bridgehead atoms. The molecule has 0 aliphatic carbocycles. The molecule has 8 heteroatoms. The number of H-pyrrole nitrogens is 1. The van der Waals surface area contributed by atoms with E-state index >= 15 is 0 Å². The summed E-state index contributed by atoms with van der Waals surface area (Å²) in [7, 11) is 0. The molecule has 8 nitrogen and oxygen atoms in total. The molecule has 0 spiro atoms. The number of amides is 1. The molecule has 3 heterocycles. The van der Waals surface area contributed by atoms with Crippen LogP contribution in [0.4, 0.5) is 0 Å². The van der Waals surface area contributed by atoms with Crippen LogP contribution in [0, 0.1) is 0 Å². The van der Waals surface area contributed by atoms with Gasteiger partial charge in [-0.15, -0.1) is 0 Å². The first-order valence-corrected chi connectivity index (χ1v) is 12.1. The lowest BCUT2D eigenvalue weighted by Gasteiger charge is -2.37. The number of hydrogen-bond donors (Lipinski definition) is 2. The van der Waals surface area contributed by atoms with Crippen LogP contribution in [0.15, 0.2) is 42.9 Å². The molecule has 2 N–H and O–H groups in total. The molecule has 1 atom stereocenters. The molecule has 1 aliphatic rings. The van der Waals surface area contributed by atoms with Gasteiger partial charge in [-0.05, 0) is 56.5 Å². The summed E-state index contributed by atoms with van der Waals surface area (Å²) in [5.41, 5.74) is 2.51. The predicted molar refractivity (Wildman–Crippen MR) is 132 cm³/mol. The molecule has 180 valence electrons. The highest BCUT2D eigenvalue weighted by molar-refractivity contribution is 6.27. The van der Waals surface area contributed by atoms with E-state index in [1.165, 1.54) is 25.6 Å². The van der Waals surface area contributed by atoms with E-state index in [1.54, 1.807) is 0 Å². The average molecular weight is 463 g/mol. The normalized spacial score (nSPS) is 18.4. The molecule has 1 unspecified atom stereocenters. The van der Waals surface area contributed by atoms with Gasteiger partial charge in [0.2, 0.25) is 0 Å². The van der Waals surface area contributed by atoms with Crippen LogP contribution in [0.25, 0.3) is 11.1 Å². The summed E-state index contributed by atoms with van der Waals surface area (Å²) in [6.45, 7) is 9.12. The summed E-state index contributed by atoms with van der Waals surface area (Å²) in [6.07, 6.45) is 8.63. The Kier molecular flexibility index (Phi) is 7.14. The van der Waals surface area contributed by atoms with Crippen molar-refractivity contribution in [2.45, 2.75) is 71.4 Å². The highest BCUT2D eigenvalue weighted by Gasteiger charge is 2.39. The topological polar surface area (TPSA) is 97.7 Å². The third-order valence-corrected chi connectivity index (χ3v) is 6.31. The van der Waals surface area contributed by atoms with E-state index in [-0.39, 0.29) is 11.9 Å². The molecule has 0 radical (unpaired) electrons. The average Bonchev–Trinajstić information content (AvgIpc) is 3.51. The number of ether oxygens (including phenoxy) is 1. The summed E-state index contributed by atoms with van der Waals surface area (Å²) in [6, 6.07) is 10.2. The van der Waals surface area contributed by atoms with Gasteiger partial charge < -0.3 is 10.1 Å². The number of carbonyl (C=O) groups is 1. The molecular weight excluding hydrogens is 428 g/mol. The maximum absolute atomic E-state index is 13.4. The van der Waals surface area contributed by atoms with Gasteiger partial charge in [-0.25, -0.2) is 4.98 Å². The molecular formula is C26H34N6O2. The van der Waals surface area contributed by atoms with Gasteiger partial charge in [-0.2, -0.15) is 10.2 Å². The van der Waals surface area contributed by atoms with Gasteiger partial charge >= 0.3 is 0 Å². The Labute approximate surface area is 200 Å². The van der Waals surface area contributed by atoms with Crippen LogP contribution in [0.2, 0.25) is 0 Å². The standard InChI is InChI=1S/C26H34N6O2/c1-5-6-7-8-15-34-20-11-9-19(10-12-20)26(4)16-21(22-13-14-32(31-22)18(2)3)23(25(33)29-26)24-27-17-28-30-24/h9-14,17-18H,5-8,15-16H2,1-4H3,(H,29,33)(H,27,28,30). The van der Waals surface area contributed by atoms with Crippen LogP contribution in [-0.2, 0) is 10.3 Å².